The zero-order valence-corrected chi connectivity index (χ0v) is 16.1. The quantitative estimate of drug-likeness (QED) is 0.729. The zero-order chi connectivity index (χ0) is 19.7. The van der Waals surface area contributed by atoms with Crippen LogP contribution in [-0.4, -0.2) is 32.9 Å². The highest BCUT2D eigenvalue weighted by Crippen LogP contribution is 2.38. The first kappa shape index (κ1) is 18.5. The molecule has 2 aliphatic rings. The summed E-state index contributed by atoms with van der Waals surface area (Å²) in [4.78, 5) is 24.2. The third-order valence-electron chi connectivity index (χ3n) is 5.49. The summed E-state index contributed by atoms with van der Waals surface area (Å²) in [5.41, 5.74) is 2.56. The fraction of sp³-hybridized carbons (Fsp3) is 0.476. The standard InChI is InChI=1S/C21H26N4O3/c1-2-20(27)22-15-9-10-16(19(26)11-15)17-12-18(13-5-3-4-6-13)25(24-17)21(28)23-14-7-8-14/h9-14,26H,2-8H2,1H3,(H,22,27)(H,23,28). The van der Waals surface area contributed by atoms with E-state index in [1.165, 1.54) is 10.7 Å². The van der Waals surface area contributed by atoms with Gasteiger partial charge in [0, 0.05) is 35.7 Å². The van der Waals surface area contributed by atoms with Crippen molar-refractivity contribution in [1.29, 1.82) is 0 Å². The molecular weight excluding hydrogens is 356 g/mol. The van der Waals surface area contributed by atoms with Gasteiger partial charge in [-0.25, -0.2) is 4.79 Å². The molecule has 1 heterocycles. The van der Waals surface area contributed by atoms with Gasteiger partial charge in [0.05, 0.1) is 11.4 Å². The number of phenols is 1. The SMILES string of the molecule is CCC(=O)Nc1ccc(-c2cc(C3CCCC3)n(C(=O)NC3CC3)n2)c(O)c1. The maximum atomic E-state index is 12.7. The molecular formula is C21H26N4O3. The smallest absolute Gasteiger partial charge is 0.342 e. The molecule has 1 aromatic carbocycles. The molecule has 0 bridgehead atoms. The van der Waals surface area contributed by atoms with E-state index in [2.05, 4.69) is 15.7 Å². The Kier molecular flexibility index (Phi) is 5.07. The van der Waals surface area contributed by atoms with Crippen molar-refractivity contribution >= 4 is 17.6 Å². The lowest BCUT2D eigenvalue weighted by Gasteiger charge is -2.11. The number of aromatic hydroxyl groups is 1. The van der Waals surface area contributed by atoms with E-state index in [0.717, 1.165) is 44.2 Å². The van der Waals surface area contributed by atoms with E-state index < -0.39 is 0 Å². The molecule has 3 N–H and O–H groups in total. The van der Waals surface area contributed by atoms with Gasteiger partial charge in [-0.3, -0.25) is 4.79 Å². The molecule has 4 rings (SSSR count). The first-order valence-corrected chi connectivity index (χ1v) is 10.1. The number of anilines is 1. The molecule has 2 amide bonds. The summed E-state index contributed by atoms with van der Waals surface area (Å²) in [6, 6.07) is 6.96. The fourth-order valence-electron chi connectivity index (χ4n) is 3.74. The maximum absolute atomic E-state index is 12.7. The molecule has 2 saturated carbocycles. The van der Waals surface area contributed by atoms with Crippen molar-refractivity contribution in [3.8, 4) is 17.0 Å². The van der Waals surface area contributed by atoms with E-state index in [0.29, 0.717) is 29.3 Å². The number of aromatic nitrogens is 2. The normalized spacial score (nSPS) is 16.9. The molecule has 2 aliphatic carbocycles. The van der Waals surface area contributed by atoms with Gasteiger partial charge in [0.2, 0.25) is 5.91 Å². The lowest BCUT2D eigenvalue weighted by Crippen LogP contribution is -2.32. The molecule has 0 unspecified atom stereocenters. The highest BCUT2D eigenvalue weighted by Gasteiger charge is 2.29. The number of nitrogens with one attached hydrogen (secondary N) is 2. The molecule has 0 saturated heterocycles. The van der Waals surface area contributed by atoms with E-state index in [4.69, 9.17) is 0 Å². The summed E-state index contributed by atoms with van der Waals surface area (Å²) in [7, 11) is 0. The number of carbonyl (C=O) groups excluding carboxylic acids is 2. The second-order valence-electron chi connectivity index (χ2n) is 7.71. The van der Waals surface area contributed by atoms with E-state index in [9.17, 15) is 14.7 Å². The lowest BCUT2D eigenvalue weighted by atomic mass is 10.0. The van der Waals surface area contributed by atoms with Gasteiger partial charge in [-0.05, 0) is 43.9 Å². The Morgan fingerprint density at radius 1 is 1.18 bits per heavy atom. The molecule has 2 fully saturated rings. The van der Waals surface area contributed by atoms with Crippen LogP contribution in [0.1, 0.15) is 63.5 Å². The number of nitrogens with zero attached hydrogens (tertiary/aromatic N) is 2. The average Bonchev–Trinajstić information content (AvgIpc) is 3.16. The van der Waals surface area contributed by atoms with Crippen molar-refractivity contribution in [3.05, 3.63) is 30.0 Å². The predicted molar refractivity (Wildman–Crippen MR) is 106 cm³/mol. The summed E-state index contributed by atoms with van der Waals surface area (Å²) < 4.78 is 1.48. The molecule has 0 radical (unpaired) electrons. The van der Waals surface area contributed by atoms with E-state index in [-0.39, 0.29) is 23.7 Å². The summed E-state index contributed by atoms with van der Waals surface area (Å²) >= 11 is 0. The fourth-order valence-corrected chi connectivity index (χ4v) is 3.74. The molecule has 7 nitrogen and oxygen atoms in total. The summed E-state index contributed by atoms with van der Waals surface area (Å²) in [6.07, 6.45) is 6.83. The van der Waals surface area contributed by atoms with E-state index in [1.807, 2.05) is 6.07 Å². The lowest BCUT2D eigenvalue weighted by molar-refractivity contribution is -0.115. The topological polar surface area (TPSA) is 96.3 Å². The number of rotatable bonds is 5. The maximum Gasteiger partial charge on any atom is 0.342 e. The molecule has 7 heteroatoms. The van der Waals surface area contributed by atoms with Crippen LogP contribution in [0.2, 0.25) is 0 Å². The largest absolute Gasteiger partial charge is 0.507 e. The number of amides is 2. The predicted octanol–water partition coefficient (Wildman–Crippen LogP) is 3.98. The summed E-state index contributed by atoms with van der Waals surface area (Å²) in [5, 5.41) is 20.8. The second kappa shape index (κ2) is 7.66. The Balaban J connectivity index is 1.65. The van der Waals surface area contributed by atoms with E-state index >= 15 is 0 Å². The minimum absolute atomic E-state index is 0.0270. The summed E-state index contributed by atoms with van der Waals surface area (Å²) in [6.45, 7) is 1.77. The third-order valence-corrected chi connectivity index (χ3v) is 5.49. The van der Waals surface area contributed by atoms with Crippen molar-refractivity contribution in [3.63, 3.8) is 0 Å². The minimum atomic E-state index is -0.193. The Morgan fingerprint density at radius 3 is 2.57 bits per heavy atom. The highest BCUT2D eigenvalue weighted by molar-refractivity contribution is 5.91. The first-order chi connectivity index (χ1) is 13.5. The van der Waals surface area contributed by atoms with Crippen molar-refractivity contribution in [2.45, 2.75) is 63.8 Å². The Morgan fingerprint density at radius 2 is 1.93 bits per heavy atom. The third kappa shape index (κ3) is 3.88. The van der Waals surface area contributed by atoms with Crippen LogP contribution in [0.3, 0.4) is 0 Å². The first-order valence-electron chi connectivity index (χ1n) is 10.1. The van der Waals surface area contributed by atoms with Gasteiger partial charge >= 0.3 is 6.03 Å². The van der Waals surface area contributed by atoms with Crippen LogP contribution >= 0.6 is 0 Å². The van der Waals surface area contributed by atoms with Crippen LogP contribution in [-0.2, 0) is 4.79 Å². The Hall–Kier alpha value is -2.83. The number of hydrogen-bond acceptors (Lipinski definition) is 4. The van der Waals surface area contributed by atoms with Crippen LogP contribution in [0.15, 0.2) is 24.3 Å². The second-order valence-corrected chi connectivity index (χ2v) is 7.71. The number of carbonyl (C=O) groups is 2. The molecule has 1 aromatic heterocycles. The van der Waals surface area contributed by atoms with Gasteiger partial charge in [-0.1, -0.05) is 19.8 Å². The van der Waals surface area contributed by atoms with Crippen LogP contribution in [0, 0.1) is 0 Å². The molecule has 148 valence electrons. The van der Waals surface area contributed by atoms with E-state index in [1.54, 1.807) is 19.1 Å². The van der Waals surface area contributed by atoms with Crippen LogP contribution < -0.4 is 10.6 Å². The number of hydrogen-bond donors (Lipinski definition) is 3. The van der Waals surface area contributed by atoms with Crippen molar-refractivity contribution in [1.82, 2.24) is 15.1 Å². The number of benzene rings is 1. The van der Waals surface area contributed by atoms with Crippen molar-refractivity contribution in [2.75, 3.05) is 5.32 Å². The Labute approximate surface area is 164 Å². The molecule has 2 aromatic rings. The molecule has 28 heavy (non-hydrogen) atoms. The Bertz CT molecular complexity index is 895. The van der Waals surface area contributed by atoms with Crippen molar-refractivity contribution < 1.29 is 14.7 Å². The monoisotopic (exact) mass is 382 g/mol. The highest BCUT2D eigenvalue weighted by atomic mass is 16.3. The molecule has 0 atom stereocenters. The van der Waals surface area contributed by atoms with Crippen LogP contribution in [0.4, 0.5) is 10.5 Å². The number of phenolic OH excluding ortho intramolecular Hbond substituents is 1. The van der Waals surface area contributed by atoms with Gasteiger partial charge in [-0.15, -0.1) is 0 Å². The van der Waals surface area contributed by atoms with Gasteiger partial charge in [0.25, 0.3) is 0 Å². The van der Waals surface area contributed by atoms with Crippen LogP contribution in [0.25, 0.3) is 11.3 Å². The average molecular weight is 382 g/mol. The van der Waals surface area contributed by atoms with Crippen molar-refractivity contribution in [2.24, 2.45) is 0 Å². The minimum Gasteiger partial charge on any atom is -0.507 e. The zero-order valence-electron chi connectivity index (χ0n) is 16.1. The van der Waals surface area contributed by atoms with Gasteiger partial charge in [-0.2, -0.15) is 9.78 Å². The van der Waals surface area contributed by atoms with Gasteiger partial charge in [0.1, 0.15) is 5.75 Å². The molecule has 0 aliphatic heterocycles. The van der Waals surface area contributed by atoms with Gasteiger partial charge in [0.15, 0.2) is 0 Å². The van der Waals surface area contributed by atoms with Crippen LogP contribution in [0.5, 0.6) is 5.75 Å². The molecule has 0 spiro atoms. The summed E-state index contributed by atoms with van der Waals surface area (Å²) in [5.74, 6) is 0.229. The van der Waals surface area contributed by atoms with Gasteiger partial charge < -0.3 is 15.7 Å².